The molecule has 6 nitrogen and oxygen atoms in total. The van der Waals surface area contributed by atoms with Crippen molar-refractivity contribution < 1.29 is 0 Å². The zero-order chi connectivity index (χ0) is 34.7. The van der Waals surface area contributed by atoms with Crippen LogP contribution in [-0.2, 0) is 18.4 Å². The van der Waals surface area contributed by atoms with Gasteiger partial charge < -0.3 is 4.90 Å². The molecule has 7 rings (SSSR count). The van der Waals surface area contributed by atoms with E-state index in [0.717, 1.165) is 63.3 Å². The zero-order valence-corrected chi connectivity index (χ0v) is 32.4. The Kier molecular flexibility index (Phi) is 10.1. The van der Waals surface area contributed by atoms with Crippen molar-refractivity contribution in [3.63, 3.8) is 0 Å². The molecule has 2 aromatic heterocycles. The number of hydrogen-bond acceptors (Lipinski definition) is 5. The van der Waals surface area contributed by atoms with Gasteiger partial charge in [-0.2, -0.15) is 0 Å². The molecule has 0 spiro atoms. The minimum absolute atomic E-state index is 0.564. The van der Waals surface area contributed by atoms with E-state index in [0.29, 0.717) is 5.82 Å². The Balaban J connectivity index is 1.31. The first-order valence-electron chi connectivity index (χ1n) is 16.7. The number of benzene rings is 5. The van der Waals surface area contributed by atoms with Crippen LogP contribution in [0.2, 0.25) is 0 Å². The van der Waals surface area contributed by atoms with Crippen LogP contribution < -0.4 is 4.90 Å². The topological polar surface area (TPSA) is 59.7 Å². The third-order valence-corrected chi connectivity index (χ3v) is 11.5. The monoisotopic (exact) mass is 878 g/mol. The van der Waals surface area contributed by atoms with Crippen molar-refractivity contribution in [2.75, 3.05) is 11.9 Å². The summed E-state index contributed by atoms with van der Waals surface area (Å²) in [5.74, 6) is 0.564. The molecule has 0 saturated carbocycles. The Morgan fingerprint density at radius 1 is 0.600 bits per heavy atom. The van der Waals surface area contributed by atoms with Gasteiger partial charge in [-0.05, 0) is 103 Å². The summed E-state index contributed by atoms with van der Waals surface area (Å²) in [5.41, 5.74) is 9.95. The minimum Gasteiger partial charge on any atom is -0.343 e. The van der Waals surface area contributed by atoms with E-state index in [4.69, 9.17) is 20.4 Å². The third kappa shape index (κ3) is 6.12. The van der Waals surface area contributed by atoms with Gasteiger partial charge in [-0.15, -0.1) is 15.0 Å². The lowest BCUT2D eigenvalue weighted by molar-refractivity contribution is 0.396. The van der Waals surface area contributed by atoms with Crippen LogP contribution in [0.25, 0.3) is 22.5 Å². The number of aryl methyl sites for hydroxylation is 2. The highest BCUT2D eigenvalue weighted by Gasteiger charge is 2.41. The highest BCUT2D eigenvalue weighted by molar-refractivity contribution is 14.1. The number of nitrogens with zero attached hydrogens (tertiary/aromatic N) is 6. The first kappa shape index (κ1) is 34.0. The lowest BCUT2D eigenvalue weighted by Crippen LogP contribution is -2.39. The van der Waals surface area contributed by atoms with Crippen molar-refractivity contribution in [1.82, 2.24) is 25.2 Å². The van der Waals surface area contributed by atoms with Crippen LogP contribution in [0, 0.1) is 7.14 Å². The van der Waals surface area contributed by atoms with Gasteiger partial charge in [-0.1, -0.05) is 141 Å². The van der Waals surface area contributed by atoms with E-state index in [9.17, 15) is 0 Å². The van der Waals surface area contributed by atoms with Gasteiger partial charge in [-0.3, -0.25) is 4.98 Å². The molecule has 0 aliphatic heterocycles. The summed E-state index contributed by atoms with van der Waals surface area (Å²) in [6.45, 7) is 4.34. The van der Waals surface area contributed by atoms with E-state index in [1.807, 2.05) is 24.3 Å². The zero-order valence-electron chi connectivity index (χ0n) is 28.1. The van der Waals surface area contributed by atoms with Crippen LogP contribution in [0.1, 0.15) is 41.9 Å². The van der Waals surface area contributed by atoms with Gasteiger partial charge in [0.25, 0.3) is 0 Å². The fourth-order valence-electron chi connectivity index (χ4n) is 6.67. The molecule has 0 bridgehead atoms. The predicted molar refractivity (Wildman–Crippen MR) is 220 cm³/mol. The van der Waals surface area contributed by atoms with Crippen molar-refractivity contribution >= 4 is 56.6 Å². The molecular formula is C42H36I2N6. The Hall–Kier alpha value is -4.42. The van der Waals surface area contributed by atoms with Gasteiger partial charge in [0.1, 0.15) is 0 Å². The number of hydrogen-bond donors (Lipinski definition) is 0. The van der Waals surface area contributed by atoms with Gasteiger partial charge in [0.05, 0.1) is 24.2 Å². The van der Waals surface area contributed by atoms with E-state index in [-0.39, 0.29) is 0 Å². The number of tetrazole rings is 1. The molecule has 0 unspecified atom stereocenters. The van der Waals surface area contributed by atoms with Crippen molar-refractivity contribution in [3.8, 4) is 22.5 Å². The lowest BCUT2D eigenvalue weighted by Gasteiger charge is -2.34. The predicted octanol–water partition coefficient (Wildman–Crippen LogP) is 10.3. The average Bonchev–Trinajstić information content (AvgIpc) is 3.67. The quantitative estimate of drug-likeness (QED) is 0.101. The Morgan fingerprint density at radius 3 is 1.54 bits per heavy atom. The maximum Gasteiger partial charge on any atom is 0.205 e. The summed E-state index contributed by atoms with van der Waals surface area (Å²) in [7, 11) is 2.14. The maximum absolute atomic E-state index is 5.18. The molecule has 0 fully saturated rings. The fraction of sp³-hybridized carbons (Fsp3) is 0.143. The van der Waals surface area contributed by atoms with Crippen LogP contribution in [0.5, 0.6) is 0 Å². The summed E-state index contributed by atoms with van der Waals surface area (Å²) in [5, 5.41) is 14.7. The van der Waals surface area contributed by atoms with Gasteiger partial charge in [-0.25, -0.2) is 0 Å². The van der Waals surface area contributed by atoms with Crippen LogP contribution in [0.4, 0.5) is 11.4 Å². The number of aromatic nitrogens is 5. The van der Waals surface area contributed by atoms with Crippen LogP contribution in [-0.4, -0.2) is 32.2 Å². The molecule has 0 aliphatic rings. The molecule has 2 heterocycles. The highest BCUT2D eigenvalue weighted by atomic mass is 127. The van der Waals surface area contributed by atoms with Crippen molar-refractivity contribution in [1.29, 1.82) is 0 Å². The molecule has 248 valence electrons. The van der Waals surface area contributed by atoms with Crippen LogP contribution in [0.3, 0.4) is 0 Å². The largest absolute Gasteiger partial charge is 0.343 e. The Labute approximate surface area is 320 Å². The SMILES string of the molecule is CCc1nc(CC)c(I)c(N(C)c2ccc(-c3ccccc3-c3nnn(C(c4ccccc4)(c4ccccc4)c4ccccc4)n3)cc2)c1I. The summed E-state index contributed by atoms with van der Waals surface area (Å²) in [6.07, 6.45) is 1.81. The lowest BCUT2D eigenvalue weighted by atomic mass is 9.77. The van der Waals surface area contributed by atoms with Crippen molar-refractivity contribution in [2.45, 2.75) is 32.2 Å². The summed E-state index contributed by atoms with van der Waals surface area (Å²) < 4.78 is 2.41. The van der Waals surface area contributed by atoms with Gasteiger partial charge >= 0.3 is 0 Å². The minimum atomic E-state index is -0.840. The second-order valence-corrected chi connectivity index (χ2v) is 14.2. The summed E-state index contributed by atoms with van der Waals surface area (Å²) in [4.78, 5) is 9.01. The van der Waals surface area contributed by atoms with Gasteiger partial charge in [0.15, 0.2) is 5.54 Å². The standard InChI is InChI=1S/C42H36I2N6/c1-4-36-38(43)40(39(44)37(5-2)45-36)49(3)33-27-25-29(26-28-33)34-23-15-16-24-35(34)41-46-48-50(47-41)42(30-17-9-6-10-18-30,31-19-11-7-12-20-31)32-21-13-8-14-22-32/h6-28H,4-5H2,1-3H3. The smallest absolute Gasteiger partial charge is 0.205 e. The molecule has 0 radical (unpaired) electrons. The van der Waals surface area contributed by atoms with Crippen molar-refractivity contribution in [3.05, 3.63) is 175 Å². The molecule has 0 N–H and O–H groups in total. The highest BCUT2D eigenvalue weighted by Crippen LogP contribution is 2.41. The second kappa shape index (κ2) is 14.8. The maximum atomic E-state index is 5.18. The van der Waals surface area contributed by atoms with E-state index >= 15 is 0 Å². The number of anilines is 2. The van der Waals surface area contributed by atoms with E-state index in [1.165, 1.54) is 12.8 Å². The normalized spacial score (nSPS) is 11.5. The third-order valence-electron chi connectivity index (χ3n) is 9.22. The molecule has 0 atom stereocenters. The number of rotatable bonds is 10. The molecule has 50 heavy (non-hydrogen) atoms. The Morgan fingerprint density at radius 2 is 1.06 bits per heavy atom. The second-order valence-electron chi connectivity index (χ2n) is 12.1. The van der Waals surface area contributed by atoms with E-state index in [1.54, 1.807) is 4.80 Å². The molecule has 0 aliphatic carbocycles. The summed E-state index contributed by atoms with van der Waals surface area (Å²) in [6, 6.07) is 48.3. The van der Waals surface area contributed by atoms with Crippen molar-refractivity contribution in [2.24, 2.45) is 0 Å². The molecule has 0 saturated heterocycles. The first-order chi connectivity index (χ1) is 24.5. The van der Waals surface area contributed by atoms with Gasteiger partial charge in [0.2, 0.25) is 5.82 Å². The van der Waals surface area contributed by atoms with Gasteiger partial charge in [0, 0.05) is 18.3 Å². The molecule has 0 amide bonds. The number of pyridine rings is 1. The fourth-order valence-corrected chi connectivity index (χ4v) is 9.45. The van der Waals surface area contributed by atoms with Crippen LogP contribution >= 0.6 is 45.2 Å². The molecule has 7 aromatic rings. The average molecular weight is 879 g/mol. The number of halogens is 2. The van der Waals surface area contributed by atoms with Crippen LogP contribution in [0.15, 0.2) is 140 Å². The Bertz CT molecular complexity index is 2090. The van der Waals surface area contributed by atoms with E-state index in [2.05, 4.69) is 186 Å². The molecule has 5 aromatic carbocycles. The molecule has 8 heteroatoms. The van der Waals surface area contributed by atoms with E-state index < -0.39 is 5.54 Å². The summed E-state index contributed by atoms with van der Waals surface area (Å²) >= 11 is 4.91. The first-order valence-corrected chi connectivity index (χ1v) is 18.9. The molecular weight excluding hydrogens is 842 g/mol.